The van der Waals surface area contributed by atoms with Crippen LogP contribution in [0.4, 0.5) is 11.4 Å². The molecule has 1 saturated heterocycles. The lowest BCUT2D eigenvalue weighted by atomic mass is 10.1. The molecule has 2 rings (SSSR count). The lowest BCUT2D eigenvalue weighted by molar-refractivity contribution is 0.144. The van der Waals surface area contributed by atoms with E-state index in [0.717, 1.165) is 31.7 Å². The van der Waals surface area contributed by atoms with Crippen LogP contribution < -0.4 is 10.2 Å². The Hall–Kier alpha value is -1.29. The molecule has 1 aliphatic rings. The molecular weight excluding hydrogens is 214 g/mol. The highest BCUT2D eigenvalue weighted by Crippen LogP contribution is 2.24. The van der Waals surface area contributed by atoms with Gasteiger partial charge in [-0.3, -0.25) is 4.98 Å². The fourth-order valence-electron chi connectivity index (χ4n) is 2.16. The molecule has 1 aliphatic heterocycles. The maximum Gasteiger partial charge on any atom is 0.0766 e. The summed E-state index contributed by atoms with van der Waals surface area (Å²) in [7, 11) is 4.10. The molecular formula is C13H21N3O. The number of anilines is 2. The van der Waals surface area contributed by atoms with E-state index < -0.39 is 0 Å². The lowest BCUT2D eigenvalue weighted by Crippen LogP contribution is -2.22. The van der Waals surface area contributed by atoms with Crippen LogP contribution in [0.5, 0.6) is 0 Å². The second-order valence-electron chi connectivity index (χ2n) is 4.67. The molecule has 1 fully saturated rings. The zero-order valence-electron chi connectivity index (χ0n) is 10.6. The molecule has 0 amide bonds. The van der Waals surface area contributed by atoms with E-state index in [9.17, 15) is 0 Å². The van der Waals surface area contributed by atoms with Gasteiger partial charge in [0, 0.05) is 39.5 Å². The largest absolute Gasteiger partial charge is 0.381 e. The molecule has 0 aliphatic carbocycles. The van der Waals surface area contributed by atoms with Gasteiger partial charge in [-0.05, 0) is 25.3 Å². The van der Waals surface area contributed by atoms with E-state index in [1.807, 2.05) is 18.5 Å². The van der Waals surface area contributed by atoms with Crippen molar-refractivity contribution in [1.29, 1.82) is 0 Å². The molecule has 0 spiro atoms. The molecule has 0 bridgehead atoms. The summed E-state index contributed by atoms with van der Waals surface area (Å²) in [6.07, 6.45) is 7.11. The van der Waals surface area contributed by atoms with Crippen molar-refractivity contribution in [3.63, 3.8) is 0 Å². The van der Waals surface area contributed by atoms with E-state index in [1.165, 1.54) is 12.1 Å². The average molecular weight is 235 g/mol. The van der Waals surface area contributed by atoms with Gasteiger partial charge >= 0.3 is 0 Å². The molecule has 94 valence electrons. The number of hydrogen-bond acceptors (Lipinski definition) is 4. The fraction of sp³-hybridized carbons (Fsp3) is 0.615. The zero-order valence-corrected chi connectivity index (χ0v) is 10.6. The Bertz CT molecular complexity index is 346. The van der Waals surface area contributed by atoms with Gasteiger partial charge in [-0.15, -0.1) is 0 Å². The van der Waals surface area contributed by atoms with Crippen LogP contribution in [0.3, 0.4) is 0 Å². The Morgan fingerprint density at radius 3 is 3.06 bits per heavy atom. The zero-order chi connectivity index (χ0) is 12.1. The molecule has 0 saturated carbocycles. The van der Waals surface area contributed by atoms with Gasteiger partial charge in [0.25, 0.3) is 0 Å². The van der Waals surface area contributed by atoms with E-state index in [0.29, 0.717) is 6.04 Å². The van der Waals surface area contributed by atoms with Crippen molar-refractivity contribution in [2.75, 3.05) is 37.5 Å². The molecule has 2 heterocycles. The normalized spacial score (nSPS) is 20.7. The van der Waals surface area contributed by atoms with Gasteiger partial charge in [0.05, 0.1) is 17.6 Å². The predicted octanol–water partition coefficient (Wildman–Crippen LogP) is 2.13. The first-order valence-corrected chi connectivity index (χ1v) is 6.23. The quantitative estimate of drug-likeness (QED) is 0.871. The van der Waals surface area contributed by atoms with E-state index in [1.54, 1.807) is 0 Å². The third kappa shape index (κ3) is 3.33. The summed E-state index contributed by atoms with van der Waals surface area (Å²) in [5.74, 6) is 0. The molecule has 1 aromatic heterocycles. The Morgan fingerprint density at radius 2 is 2.24 bits per heavy atom. The van der Waals surface area contributed by atoms with Gasteiger partial charge in [-0.25, -0.2) is 0 Å². The minimum absolute atomic E-state index is 0.500. The van der Waals surface area contributed by atoms with Crippen molar-refractivity contribution >= 4 is 11.4 Å². The standard InChI is InChI=1S/C13H21N3O/c1-16(2)13-5-7-14-10-12(13)15-11-4-3-8-17-9-6-11/h5,7,10-11,15H,3-4,6,8-9H2,1-2H3. The van der Waals surface area contributed by atoms with Crippen LogP contribution in [0.15, 0.2) is 18.5 Å². The monoisotopic (exact) mass is 235 g/mol. The van der Waals surface area contributed by atoms with Crippen LogP contribution in [-0.2, 0) is 4.74 Å². The summed E-state index contributed by atoms with van der Waals surface area (Å²) in [5, 5.41) is 3.59. The molecule has 4 nitrogen and oxygen atoms in total. The maximum atomic E-state index is 5.47. The van der Waals surface area contributed by atoms with Crippen molar-refractivity contribution in [2.24, 2.45) is 0 Å². The highest BCUT2D eigenvalue weighted by Gasteiger charge is 2.14. The summed E-state index contributed by atoms with van der Waals surface area (Å²) >= 11 is 0. The van der Waals surface area contributed by atoms with E-state index in [4.69, 9.17) is 4.74 Å². The van der Waals surface area contributed by atoms with Crippen LogP contribution in [0, 0.1) is 0 Å². The summed E-state index contributed by atoms with van der Waals surface area (Å²) in [5.41, 5.74) is 2.30. The number of aromatic nitrogens is 1. The van der Waals surface area contributed by atoms with Crippen LogP contribution >= 0.6 is 0 Å². The summed E-state index contributed by atoms with van der Waals surface area (Å²) in [6, 6.07) is 2.54. The minimum Gasteiger partial charge on any atom is -0.381 e. The first-order valence-electron chi connectivity index (χ1n) is 6.23. The third-order valence-electron chi connectivity index (χ3n) is 3.09. The molecule has 0 radical (unpaired) electrons. The molecule has 1 aromatic rings. The lowest BCUT2D eigenvalue weighted by Gasteiger charge is -2.22. The van der Waals surface area contributed by atoms with Gasteiger partial charge in [0.1, 0.15) is 0 Å². The van der Waals surface area contributed by atoms with Gasteiger partial charge in [-0.1, -0.05) is 0 Å². The average Bonchev–Trinajstić information content (AvgIpc) is 2.58. The Labute approximate surface area is 103 Å². The van der Waals surface area contributed by atoms with Gasteiger partial charge in [0.2, 0.25) is 0 Å². The highest BCUT2D eigenvalue weighted by atomic mass is 16.5. The first-order chi connectivity index (χ1) is 8.27. The van der Waals surface area contributed by atoms with Crippen molar-refractivity contribution in [1.82, 2.24) is 4.98 Å². The van der Waals surface area contributed by atoms with Gasteiger partial charge in [-0.2, -0.15) is 0 Å². The smallest absolute Gasteiger partial charge is 0.0766 e. The molecule has 17 heavy (non-hydrogen) atoms. The summed E-state index contributed by atoms with van der Waals surface area (Å²) in [4.78, 5) is 6.30. The Morgan fingerprint density at radius 1 is 1.35 bits per heavy atom. The van der Waals surface area contributed by atoms with E-state index in [2.05, 4.69) is 29.3 Å². The second kappa shape index (κ2) is 5.87. The van der Waals surface area contributed by atoms with Crippen LogP contribution in [0.1, 0.15) is 19.3 Å². The van der Waals surface area contributed by atoms with Gasteiger partial charge < -0.3 is 15.0 Å². The third-order valence-corrected chi connectivity index (χ3v) is 3.09. The van der Waals surface area contributed by atoms with E-state index >= 15 is 0 Å². The summed E-state index contributed by atoms with van der Waals surface area (Å²) < 4.78 is 5.47. The molecule has 1 atom stereocenters. The van der Waals surface area contributed by atoms with Crippen molar-refractivity contribution in [2.45, 2.75) is 25.3 Å². The molecule has 1 N–H and O–H groups in total. The molecule has 0 aromatic carbocycles. The van der Waals surface area contributed by atoms with Gasteiger partial charge in [0.15, 0.2) is 0 Å². The Kier molecular flexibility index (Phi) is 4.20. The number of rotatable bonds is 3. The van der Waals surface area contributed by atoms with Crippen molar-refractivity contribution in [3.8, 4) is 0 Å². The second-order valence-corrected chi connectivity index (χ2v) is 4.67. The number of ether oxygens (including phenoxy) is 1. The SMILES string of the molecule is CN(C)c1ccncc1NC1CCCOCC1. The number of pyridine rings is 1. The van der Waals surface area contributed by atoms with Crippen LogP contribution in [0.2, 0.25) is 0 Å². The van der Waals surface area contributed by atoms with Crippen molar-refractivity contribution < 1.29 is 4.74 Å². The highest BCUT2D eigenvalue weighted by molar-refractivity contribution is 5.68. The number of hydrogen-bond donors (Lipinski definition) is 1. The number of nitrogens with zero attached hydrogens (tertiary/aromatic N) is 2. The Balaban J connectivity index is 2.06. The maximum absolute atomic E-state index is 5.47. The first kappa shape index (κ1) is 12.2. The number of nitrogens with one attached hydrogen (secondary N) is 1. The fourth-order valence-corrected chi connectivity index (χ4v) is 2.16. The topological polar surface area (TPSA) is 37.4 Å². The van der Waals surface area contributed by atoms with Crippen LogP contribution in [0.25, 0.3) is 0 Å². The summed E-state index contributed by atoms with van der Waals surface area (Å²) in [6.45, 7) is 1.75. The molecule has 4 heteroatoms. The predicted molar refractivity (Wildman–Crippen MR) is 70.6 cm³/mol. The minimum atomic E-state index is 0.500. The van der Waals surface area contributed by atoms with E-state index in [-0.39, 0.29) is 0 Å². The van der Waals surface area contributed by atoms with Crippen molar-refractivity contribution in [3.05, 3.63) is 18.5 Å². The van der Waals surface area contributed by atoms with Crippen LogP contribution in [-0.4, -0.2) is 38.3 Å². The molecule has 1 unspecified atom stereocenters.